The van der Waals surface area contributed by atoms with E-state index >= 15 is 0 Å². The molecule has 1 aromatic heterocycles. The zero-order valence-corrected chi connectivity index (χ0v) is 14.1. The van der Waals surface area contributed by atoms with Crippen molar-refractivity contribution >= 4 is 0 Å². The first-order valence-electron chi connectivity index (χ1n) is 7.99. The molecule has 1 N–H and O–H groups in total. The summed E-state index contributed by atoms with van der Waals surface area (Å²) in [6.45, 7) is 17.6. The standard InChI is InChI=1S/C16H32N4/c1-7-17-14(16(5,6)20(9-3)10-4)13-15-18-11-12-19(15)8-2/h11-12,14,17H,7-10,13H2,1-6H3. The first-order valence-corrected chi connectivity index (χ1v) is 7.99. The van der Waals surface area contributed by atoms with Gasteiger partial charge in [-0.25, -0.2) is 4.98 Å². The second kappa shape index (κ2) is 7.79. The van der Waals surface area contributed by atoms with Crippen molar-refractivity contribution in [2.24, 2.45) is 0 Å². The highest BCUT2D eigenvalue weighted by atomic mass is 15.2. The van der Waals surface area contributed by atoms with Gasteiger partial charge in [0.2, 0.25) is 0 Å². The Bertz CT molecular complexity index is 380. The second-order valence-corrected chi connectivity index (χ2v) is 5.77. The highest BCUT2D eigenvalue weighted by Gasteiger charge is 2.34. The molecule has 1 heterocycles. The summed E-state index contributed by atoms with van der Waals surface area (Å²) in [7, 11) is 0. The van der Waals surface area contributed by atoms with E-state index in [4.69, 9.17) is 0 Å². The minimum atomic E-state index is 0.115. The molecule has 0 bridgehead atoms. The maximum absolute atomic E-state index is 4.54. The Morgan fingerprint density at radius 3 is 2.40 bits per heavy atom. The molecule has 1 rings (SSSR count). The molecule has 0 fully saturated rings. The number of likely N-dealkylation sites (N-methyl/N-ethyl adjacent to an activating group) is 2. The number of aromatic nitrogens is 2. The van der Waals surface area contributed by atoms with Crippen LogP contribution >= 0.6 is 0 Å². The van der Waals surface area contributed by atoms with E-state index in [-0.39, 0.29) is 5.54 Å². The number of hydrogen-bond acceptors (Lipinski definition) is 3. The molecule has 0 radical (unpaired) electrons. The monoisotopic (exact) mass is 280 g/mol. The summed E-state index contributed by atoms with van der Waals surface area (Å²) < 4.78 is 2.24. The van der Waals surface area contributed by atoms with Crippen LogP contribution in [0.3, 0.4) is 0 Å². The van der Waals surface area contributed by atoms with Crippen LogP contribution in [-0.2, 0) is 13.0 Å². The minimum Gasteiger partial charge on any atom is -0.335 e. The first kappa shape index (κ1) is 17.2. The molecule has 0 spiro atoms. The average molecular weight is 280 g/mol. The molecule has 0 aliphatic rings. The molecule has 1 atom stereocenters. The second-order valence-electron chi connectivity index (χ2n) is 5.77. The summed E-state index contributed by atoms with van der Waals surface area (Å²) in [5.41, 5.74) is 0.115. The highest BCUT2D eigenvalue weighted by molar-refractivity contribution is 5.02. The van der Waals surface area contributed by atoms with Crippen molar-refractivity contribution < 1.29 is 0 Å². The quantitative estimate of drug-likeness (QED) is 0.754. The number of nitrogens with one attached hydrogen (secondary N) is 1. The number of rotatable bonds is 9. The van der Waals surface area contributed by atoms with E-state index in [2.05, 4.69) is 67.5 Å². The van der Waals surface area contributed by atoms with Crippen LogP contribution in [0.25, 0.3) is 0 Å². The van der Waals surface area contributed by atoms with Crippen LogP contribution in [0.5, 0.6) is 0 Å². The Morgan fingerprint density at radius 1 is 1.25 bits per heavy atom. The van der Waals surface area contributed by atoms with Gasteiger partial charge in [-0.1, -0.05) is 20.8 Å². The smallest absolute Gasteiger partial charge is 0.110 e. The van der Waals surface area contributed by atoms with Crippen molar-refractivity contribution in [3.8, 4) is 0 Å². The lowest BCUT2D eigenvalue weighted by Crippen LogP contribution is -2.58. The predicted molar refractivity (Wildman–Crippen MR) is 86.1 cm³/mol. The van der Waals surface area contributed by atoms with Gasteiger partial charge >= 0.3 is 0 Å². The average Bonchev–Trinajstić information content (AvgIpc) is 2.86. The molecule has 0 amide bonds. The van der Waals surface area contributed by atoms with Crippen molar-refractivity contribution in [1.82, 2.24) is 19.8 Å². The van der Waals surface area contributed by atoms with Gasteiger partial charge in [-0.3, -0.25) is 4.90 Å². The maximum atomic E-state index is 4.54. The van der Waals surface area contributed by atoms with E-state index < -0.39 is 0 Å². The fraction of sp³-hybridized carbons (Fsp3) is 0.812. The fourth-order valence-corrected chi connectivity index (χ4v) is 3.08. The van der Waals surface area contributed by atoms with E-state index in [1.165, 1.54) is 5.82 Å². The molecular weight excluding hydrogens is 248 g/mol. The van der Waals surface area contributed by atoms with E-state index in [0.717, 1.165) is 32.6 Å². The molecular formula is C16H32N4. The van der Waals surface area contributed by atoms with Crippen LogP contribution in [0.15, 0.2) is 12.4 Å². The number of imidazole rings is 1. The van der Waals surface area contributed by atoms with Crippen molar-refractivity contribution in [2.75, 3.05) is 19.6 Å². The first-order chi connectivity index (χ1) is 9.51. The molecule has 0 aliphatic carbocycles. The number of hydrogen-bond donors (Lipinski definition) is 1. The summed E-state index contributed by atoms with van der Waals surface area (Å²) in [5, 5.41) is 3.67. The Morgan fingerprint density at radius 2 is 1.90 bits per heavy atom. The lowest BCUT2D eigenvalue weighted by Gasteiger charge is -2.43. The maximum Gasteiger partial charge on any atom is 0.110 e. The third-order valence-corrected chi connectivity index (χ3v) is 4.41. The van der Waals surface area contributed by atoms with Gasteiger partial charge in [-0.15, -0.1) is 0 Å². The fourth-order valence-electron chi connectivity index (χ4n) is 3.08. The molecule has 1 unspecified atom stereocenters. The normalized spacial score (nSPS) is 13.9. The molecule has 4 heteroatoms. The number of nitrogens with zero attached hydrogens (tertiary/aromatic N) is 3. The lowest BCUT2D eigenvalue weighted by atomic mass is 9.89. The van der Waals surface area contributed by atoms with Crippen molar-refractivity contribution in [3.63, 3.8) is 0 Å². The molecule has 0 saturated heterocycles. The van der Waals surface area contributed by atoms with Crippen molar-refractivity contribution in [1.29, 1.82) is 0 Å². The Kier molecular flexibility index (Phi) is 6.69. The summed E-state index contributed by atoms with van der Waals surface area (Å²) in [6, 6.07) is 0.403. The van der Waals surface area contributed by atoms with Crippen LogP contribution in [0, 0.1) is 0 Å². The van der Waals surface area contributed by atoms with E-state index in [1.54, 1.807) is 0 Å². The van der Waals surface area contributed by atoms with Crippen LogP contribution < -0.4 is 5.32 Å². The lowest BCUT2D eigenvalue weighted by molar-refractivity contribution is 0.0906. The summed E-state index contributed by atoms with van der Waals surface area (Å²) in [6.07, 6.45) is 4.95. The summed E-state index contributed by atoms with van der Waals surface area (Å²) >= 11 is 0. The van der Waals surface area contributed by atoms with Crippen molar-refractivity contribution in [2.45, 2.75) is 66.1 Å². The van der Waals surface area contributed by atoms with Gasteiger partial charge in [0.1, 0.15) is 5.82 Å². The minimum absolute atomic E-state index is 0.115. The highest BCUT2D eigenvalue weighted by Crippen LogP contribution is 2.21. The van der Waals surface area contributed by atoms with Gasteiger partial charge in [-0.2, -0.15) is 0 Å². The molecule has 0 aliphatic heterocycles. The predicted octanol–water partition coefficient (Wildman–Crippen LogP) is 2.54. The third-order valence-electron chi connectivity index (χ3n) is 4.41. The number of aryl methyl sites for hydroxylation is 1. The van der Waals surface area contributed by atoms with Crippen LogP contribution in [-0.4, -0.2) is 45.7 Å². The SMILES string of the molecule is CCNC(Cc1nccn1CC)C(C)(C)N(CC)CC. The molecule has 0 aromatic carbocycles. The largest absolute Gasteiger partial charge is 0.335 e. The van der Waals surface area contributed by atoms with Gasteiger partial charge in [0.25, 0.3) is 0 Å². The van der Waals surface area contributed by atoms with Crippen molar-refractivity contribution in [3.05, 3.63) is 18.2 Å². The zero-order valence-electron chi connectivity index (χ0n) is 14.1. The summed E-state index contributed by atoms with van der Waals surface area (Å²) in [5.74, 6) is 1.18. The third kappa shape index (κ3) is 3.83. The van der Waals surface area contributed by atoms with Crippen LogP contribution in [0.4, 0.5) is 0 Å². The van der Waals surface area contributed by atoms with E-state index in [1.807, 2.05) is 6.20 Å². The van der Waals surface area contributed by atoms with Crippen LogP contribution in [0.1, 0.15) is 47.4 Å². The topological polar surface area (TPSA) is 33.1 Å². The molecule has 4 nitrogen and oxygen atoms in total. The van der Waals surface area contributed by atoms with E-state index in [9.17, 15) is 0 Å². The molecule has 0 saturated carbocycles. The molecule has 1 aromatic rings. The Hall–Kier alpha value is -0.870. The van der Waals surface area contributed by atoms with Gasteiger partial charge in [-0.05, 0) is 40.4 Å². The van der Waals surface area contributed by atoms with Gasteiger partial charge in [0.15, 0.2) is 0 Å². The zero-order chi connectivity index (χ0) is 15.2. The summed E-state index contributed by atoms with van der Waals surface area (Å²) in [4.78, 5) is 7.07. The molecule has 116 valence electrons. The van der Waals surface area contributed by atoms with Gasteiger partial charge in [0, 0.05) is 36.9 Å². The van der Waals surface area contributed by atoms with Gasteiger partial charge < -0.3 is 9.88 Å². The Labute approximate surface area is 124 Å². The molecule has 20 heavy (non-hydrogen) atoms. The van der Waals surface area contributed by atoms with E-state index in [0.29, 0.717) is 6.04 Å². The van der Waals surface area contributed by atoms with Crippen LogP contribution in [0.2, 0.25) is 0 Å². The van der Waals surface area contributed by atoms with Gasteiger partial charge in [0.05, 0.1) is 0 Å². The Balaban J connectivity index is 2.93.